The summed E-state index contributed by atoms with van der Waals surface area (Å²) in [5.41, 5.74) is 0.0957. The van der Waals surface area contributed by atoms with E-state index in [1.807, 2.05) is 12.2 Å². The molecule has 4 amide bonds. The van der Waals surface area contributed by atoms with E-state index in [9.17, 15) is 24.5 Å². The van der Waals surface area contributed by atoms with Gasteiger partial charge in [0, 0.05) is 17.8 Å². The number of rotatable bonds is 4. The van der Waals surface area contributed by atoms with Gasteiger partial charge in [-0.2, -0.15) is 0 Å². The van der Waals surface area contributed by atoms with E-state index in [0.717, 1.165) is 11.3 Å². The van der Waals surface area contributed by atoms with E-state index in [0.29, 0.717) is 0 Å². The van der Waals surface area contributed by atoms with Crippen LogP contribution in [0.5, 0.6) is 0 Å². The Balaban J connectivity index is 1.37. The van der Waals surface area contributed by atoms with Crippen LogP contribution in [-0.4, -0.2) is 34.3 Å². The molecule has 1 aromatic carbocycles. The van der Waals surface area contributed by atoms with Gasteiger partial charge in [0.15, 0.2) is 0 Å². The summed E-state index contributed by atoms with van der Waals surface area (Å²) in [5, 5.41) is 15.7. The Labute approximate surface area is 148 Å². The monoisotopic (exact) mass is 356 g/mol. The van der Waals surface area contributed by atoms with Gasteiger partial charge in [0.25, 0.3) is 5.69 Å². The van der Waals surface area contributed by atoms with Gasteiger partial charge in [-0.05, 0) is 24.3 Å². The highest BCUT2D eigenvalue weighted by Crippen LogP contribution is 2.52. The van der Waals surface area contributed by atoms with Crippen LogP contribution in [0.2, 0.25) is 0 Å². The van der Waals surface area contributed by atoms with Crippen molar-refractivity contribution in [3.63, 3.8) is 0 Å². The summed E-state index contributed by atoms with van der Waals surface area (Å²) in [6.07, 6.45) is 4.85. The predicted octanol–water partition coefficient (Wildman–Crippen LogP) is 1.48. The Morgan fingerprint density at radius 1 is 1.19 bits per heavy atom. The minimum absolute atomic E-state index is 0.116. The van der Waals surface area contributed by atoms with Crippen molar-refractivity contribution in [1.82, 2.24) is 10.2 Å². The Hall–Kier alpha value is -3.23. The molecule has 3 aliphatic rings. The first-order valence-electron chi connectivity index (χ1n) is 8.28. The number of nitrogens with zero attached hydrogens (tertiary/aromatic N) is 2. The van der Waals surface area contributed by atoms with E-state index in [4.69, 9.17) is 0 Å². The number of hydrogen-bond acceptors (Lipinski definition) is 5. The number of nitro benzene ring substituents is 1. The lowest BCUT2D eigenvalue weighted by atomic mass is 9.85. The lowest BCUT2D eigenvalue weighted by molar-refractivity contribution is -0.384. The number of benzene rings is 1. The fourth-order valence-corrected chi connectivity index (χ4v) is 4.14. The fraction of sp³-hybridized carbons (Fsp3) is 0.353. The number of allylic oxidation sites excluding steroid dienone is 2. The summed E-state index contributed by atoms with van der Waals surface area (Å²) in [5.74, 6) is -0.867. The number of amides is 4. The van der Waals surface area contributed by atoms with Crippen molar-refractivity contribution in [3.8, 4) is 0 Å². The molecule has 9 heteroatoms. The molecule has 0 spiro atoms. The average molecular weight is 356 g/mol. The van der Waals surface area contributed by atoms with E-state index in [1.165, 1.54) is 24.3 Å². The molecule has 1 aliphatic heterocycles. The zero-order valence-corrected chi connectivity index (χ0v) is 13.6. The minimum Gasteiger partial charge on any atom is -0.320 e. The smallest absolute Gasteiger partial charge is 0.320 e. The summed E-state index contributed by atoms with van der Waals surface area (Å²) < 4.78 is 0. The van der Waals surface area contributed by atoms with Crippen LogP contribution in [0.3, 0.4) is 0 Å². The molecule has 9 nitrogen and oxygen atoms in total. The number of urea groups is 1. The van der Waals surface area contributed by atoms with Gasteiger partial charge in [0.05, 0.1) is 16.8 Å². The van der Waals surface area contributed by atoms with Gasteiger partial charge in [-0.25, -0.2) is 4.79 Å². The molecule has 1 aromatic rings. The molecule has 4 unspecified atom stereocenters. The second kappa shape index (κ2) is 5.94. The van der Waals surface area contributed by atoms with Gasteiger partial charge in [-0.15, -0.1) is 0 Å². The number of non-ortho nitro benzene ring substituents is 1. The molecule has 0 aromatic heterocycles. The number of imide groups is 1. The van der Waals surface area contributed by atoms with Crippen LogP contribution in [0, 0.1) is 33.8 Å². The number of likely N-dealkylation sites (tertiary alicyclic amines) is 1. The van der Waals surface area contributed by atoms with Crippen LogP contribution in [0.25, 0.3) is 0 Å². The van der Waals surface area contributed by atoms with Gasteiger partial charge < -0.3 is 10.6 Å². The number of nitro groups is 1. The third kappa shape index (κ3) is 2.52. The highest BCUT2D eigenvalue weighted by Gasteiger charge is 2.59. The molecule has 2 fully saturated rings. The second-order valence-electron chi connectivity index (χ2n) is 6.70. The average Bonchev–Trinajstić information content (AvgIpc) is 3.28. The summed E-state index contributed by atoms with van der Waals surface area (Å²) >= 11 is 0. The van der Waals surface area contributed by atoms with E-state index < -0.39 is 11.0 Å². The van der Waals surface area contributed by atoms with Crippen molar-refractivity contribution in [3.05, 3.63) is 46.5 Å². The van der Waals surface area contributed by atoms with E-state index in [1.54, 1.807) is 0 Å². The van der Waals surface area contributed by atoms with Crippen LogP contribution >= 0.6 is 0 Å². The Bertz CT molecular complexity index is 821. The first kappa shape index (κ1) is 16.2. The number of anilines is 1. The molecular weight excluding hydrogens is 340 g/mol. The Morgan fingerprint density at radius 3 is 2.46 bits per heavy atom. The van der Waals surface area contributed by atoms with Gasteiger partial charge in [-0.1, -0.05) is 18.2 Å². The number of carbonyl (C=O) groups is 3. The summed E-state index contributed by atoms with van der Waals surface area (Å²) in [6.45, 7) is -0.217. The minimum atomic E-state index is -0.649. The quantitative estimate of drug-likeness (QED) is 0.366. The molecular formula is C17H16N4O5. The van der Waals surface area contributed by atoms with E-state index >= 15 is 0 Å². The zero-order chi connectivity index (χ0) is 18.4. The maximum absolute atomic E-state index is 12.5. The van der Waals surface area contributed by atoms with Crippen LogP contribution in [0.15, 0.2) is 36.4 Å². The van der Waals surface area contributed by atoms with Crippen LogP contribution in [-0.2, 0) is 9.59 Å². The number of nitrogens with one attached hydrogen (secondary N) is 2. The standard InChI is InChI=1S/C17H16N4O5/c22-15-13-9-4-5-10(6-9)14(13)16(23)20(15)8-18-17(24)19-11-2-1-3-12(7-11)21(25)26/h1-5,7,9-10,13-14H,6,8H2,(H2,18,19,24). The highest BCUT2D eigenvalue weighted by molar-refractivity contribution is 6.06. The lowest BCUT2D eigenvalue weighted by Gasteiger charge is -2.18. The van der Waals surface area contributed by atoms with Crippen molar-refractivity contribution in [2.45, 2.75) is 6.42 Å². The number of fused-ring (bicyclic) bond motifs is 5. The molecule has 1 saturated carbocycles. The van der Waals surface area contributed by atoms with Crippen LogP contribution in [0.1, 0.15) is 6.42 Å². The van der Waals surface area contributed by atoms with Crippen molar-refractivity contribution < 1.29 is 19.3 Å². The lowest BCUT2D eigenvalue weighted by Crippen LogP contribution is -2.43. The summed E-state index contributed by atoms with van der Waals surface area (Å²) in [4.78, 5) is 48.3. The largest absolute Gasteiger partial charge is 0.320 e. The molecule has 134 valence electrons. The first-order chi connectivity index (χ1) is 12.5. The van der Waals surface area contributed by atoms with Crippen LogP contribution < -0.4 is 10.6 Å². The van der Waals surface area contributed by atoms with Crippen LogP contribution in [0.4, 0.5) is 16.2 Å². The maximum Gasteiger partial charge on any atom is 0.320 e. The van der Waals surface area contributed by atoms with Crippen molar-refractivity contribution in [2.75, 3.05) is 12.0 Å². The van der Waals surface area contributed by atoms with Crippen molar-refractivity contribution >= 4 is 29.2 Å². The molecule has 2 N–H and O–H groups in total. The third-order valence-corrected chi connectivity index (χ3v) is 5.27. The Kier molecular flexibility index (Phi) is 3.71. The second-order valence-corrected chi connectivity index (χ2v) is 6.70. The molecule has 1 saturated heterocycles. The van der Waals surface area contributed by atoms with E-state index in [2.05, 4.69) is 10.6 Å². The molecule has 4 atom stereocenters. The number of hydrogen-bond donors (Lipinski definition) is 2. The molecule has 4 rings (SSSR count). The normalized spacial score (nSPS) is 28.4. The SMILES string of the molecule is O=C(NCN1C(=O)C2C3C=CC(C3)C2C1=O)Nc1cccc([N+](=O)[O-])c1. The first-order valence-corrected chi connectivity index (χ1v) is 8.28. The van der Waals surface area contributed by atoms with Gasteiger partial charge in [0.2, 0.25) is 11.8 Å². The molecule has 2 bridgehead atoms. The van der Waals surface area contributed by atoms with Crippen molar-refractivity contribution in [1.29, 1.82) is 0 Å². The molecule has 2 aliphatic carbocycles. The van der Waals surface area contributed by atoms with Gasteiger partial charge >= 0.3 is 6.03 Å². The molecule has 1 heterocycles. The molecule has 0 radical (unpaired) electrons. The maximum atomic E-state index is 12.5. The Morgan fingerprint density at radius 2 is 1.85 bits per heavy atom. The fourth-order valence-electron chi connectivity index (χ4n) is 4.14. The number of carbonyl (C=O) groups excluding carboxylic acids is 3. The summed E-state index contributed by atoms with van der Waals surface area (Å²) in [7, 11) is 0. The van der Waals surface area contributed by atoms with Gasteiger partial charge in [-0.3, -0.25) is 24.6 Å². The highest BCUT2D eigenvalue weighted by atomic mass is 16.6. The topological polar surface area (TPSA) is 122 Å². The van der Waals surface area contributed by atoms with Crippen molar-refractivity contribution in [2.24, 2.45) is 23.7 Å². The molecule has 26 heavy (non-hydrogen) atoms. The third-order valence-electron chi connectivity index (χ3n) is 5.27. The van der Waals surface area contributed by atoms with E-state index in [-0.39, 0.29) is 53.5 Å². The van der Waals surface area contributed by atoms with Gasteiger partial charge in [0.1, 0.15) is 6.67 Å². The predicted molar refractivity (Wildman–Crippen MR) is 89.7 cm³/mol. The summed E-state index contributed by atoms with van der Waals surface area (Å²) in [6, 6.07) is 4.84. The zero-order valence-electron chi connectivity index (χ0n) is 13.6.